The van der Waals surface area contributed by atoms with E-state index in [0.29, 0.717) is 11.4 Å². The Morgan fingerprint density at radius 2 is 2.26 bits per heavy atom. The molecule has 0 bridgehead atoms. The van der Waals surface area contributed by atoms with Crippen LogP contribution in [0.15, 0.2) is 18.3 Å². The van der Waals surface area contributed by atoms with Gasteiger partial charge < -0.3 is 10.6 Å². The molecular weight excluding hydrogens is 259 g/mol. The Morgan fingerprint density at radius 3 is 2.79 bits per heavy atom. The highest BCUT2D eigenvalue weighted by Gasteiger charge is 2.61. The number of carbonyl (C=O) groups is 1. The van der Waals surface area contributed by atoms with Gasteiger partial charge in [0.05, 0.1) is 11.4 Å². The Labute approximate surface area is 108 Å². The summed E-state index contributed by atoms with van der Waals surface area (Å²) >= 11 is 0. The van der Waals surface area contributed by atoms with Crippen LogP contribution in [0.4, 0.5) is 18.9 Å². The third-order valence-corrected chi connectivity index (χ3v) is 3.39. The molecule has 1 aliphatic rings. The van der Waals surface area contributed by atoms with Crippen LogP contribution in [0.1, 0.15) is 12.1 Å². The number of pyridine rings is 1. The number of rotatable bonds is 2. The summed E-state index contributed by atoms with van der Waals surface area (Å²) in [5.74, 6) is -1.03. The molecule has 2 heterocycles. The van der Waals surface area contributed by atoms with Crippen molar-refractivity contribution in [2.75, 3.05) is 18.4 Å². The van der Waals surface area contributed by atoms with Crippen molar-refractivity contribution >= 4 is 11.6 Å². The molecule has 0 aromatic carbocycles. The average Bonchev–Trinajstić information content (AvgIpc) is 2.82. The lowest BCUT2D eigenvalue weighted by molar-refractivity contribution is -0.213. The van der Waals surface area contributed by atoms with Gasteiger partial charge in [-0.3, -0.25) is 9.78 Å². The van der Waals surface area contributed by atoms with Crippen molar-refractivity contribution in [3.63, 3.8) is 0 Å². The maximum atomic E-state index is 13.2. The lowest BCUT2D eigenvalue weighted by Crippen LogP contribution is -2.49. The number of hydrogen-bond donors (Lipinski definition) is 2. The number of nitrogens with one attached hydrogen (secondary N) is 2. The minimum Gasteiger partial charge on any atom is -0.324 e. The summed E-state index contributed by atoms with van der Waals surface area (Å²) in [5, 5.41) is 4.94. The highest BCUT2D eigenvalue weighted by atomic mass is 19.4. The zero-order valence-electron chi connectivity index (χ0n) is 10.3. The monoisotopic (exact) mass is 273 g/mol. The molecule has 1 fully saturated rings. The van der Waals surface area contributed by atoms with Gasteiger partial charge in [-0.15, -0.1) is 0 Å². The Balaban J connectivity index is 2.25. The molecule has 1 aromatic rings. The van der Waals surface area contributed by atoms with Gasteiger partial charge in [0.1, 0.15) is 0 Å². The smallest absolute Gasteiger partial charge is 0.324 e. The average molecular weight is 273 g/mol. The minimum atomic E-state index is -4.57. The molecule has 1 amide bonds. The number of halogens is 3. The van der Waals surface area contributed by atoms with Crippen LogP contribution in [0.3, 0.4) is 0 Å². The topological polar surface area (TPSA) is 54.0 Å². The van der Waals surface area contributed by atoms with Crippen molar-refractivity contribution in [1.82, 2.24) is 10.3 Å². The molecule has 0 radical (unpaired) electrons. The molecule has 0 spiro atoms. The molecule has 4 nitrogen and oxygen atoms in total. The molecular formula is C12H14F3N3O. The Bertz CT molecular complexity index is 481. The fraction of sp³-hybridized carbons (Fsp3) is 0.500. The molecule has 1 saturated heterocycles. The van der Waals surface area contributed by atoms with Gasteiger partial charge in [-0.25, -0.2) is 0 Å². The third kappa shape index (κ3) is 2.42. The number of anilines is 1. The highest BCUT2D eigenvalue weighted by Crippen LogP contribution is 2.43. The number of aryl methyl sites for hydroxylation is 1. The summed E-state index contributed by atoms with van der Waals surface area (Å²) in [7, 11) is 0. The third-order valence-electron chi connectivity index (χ3n) is 3.39. The maximum absolute atomic E-state index is 13.2. The van der Waals surface area contributed by atoms with Gasteiger partial charge in [0.25, 0.3) is 0 Å². The first kappa shape index (κ1) is 13.8. The van der Waals surface area contributed by atoms with Crippen molar-refractivity contribution in [1.29, 1.82) is 0 Å². The second kappa shape index (κ2) is 4.80. The van der Waals surface area contributed by atoms with Crippen LogP contribution in [0.5, 0.6) is 0 Å². The van der Waals surface area contributed by atoms with Gasteiger partial charge in [0.2, 0.25) is 5.91 Å². The fourth-order valence-electron chi connectivity index (χ4n) is 2.11. The van der Waals surface area contributed by atoms with Crippen molar-refractivity contribution in [2.45, 2.75) is 19.5 Å². The second-order valence-electron chi connectivity index (χ2n) is 4.60. The van der Waals surface area contributed by atoms with E-state index >= 15 is 0 Å². The summed E-state index contributed by atoms with van der Waals surface area (Å²) in [5.41, 5.74) is -1.56. The van der Waals surface area contributed by atoms with Gasteiger partial charge in [-0.2, -0.15) is 13.2 Å². The minimum absolute atomic E-state index is 0.180. The van der Waals surface area contributed by atoms with Crippen LogP contribution >= 0.6 is 0 Å². The number of aromatic nitrogens is 1. The van der Waals surface area contributed by atoms with Gasteiger partial charge in [0.15, 0.2) is 5.41 Å². The molecule has 2 N–H and O–H groups in total. The molecule has 7 heteroatoms. The van der Waals surface area contributed by atoms with Crippen LogP contribution in [0.25, 0.3) is 0 Å². The van der Waals surface area contributed by atoms with E-state index in [2.05, 4.69) is 15.6 Å². The summed E-state index contributed by atoms with van der Waals surface area (Å²) in [6.45, 7) is 1.42. The van der Waals surface area contributed by atoms with Crippen LogP contribution in [0, 0.1) is 12.3 Å². The van der Waals surface area contributed by atoms with Gasteiger partial charge in [0, 0.05) is 12.7 Å². The maximum Gasteiger partial charge on any atom is 0.404 e. The summed E-state index contributed by atoms with van der Waals surface area (Å²) in [6, 6.07) is 3.10. The predicted octanol–water partition coefficient (Wildman–Crippen LogP) is 1.87. The molecule has 1 atom stereocenters. The standard InChI is InChI=1S/C12H14F3N3O/c1-8-9(3-2-5-17-8)18-10(19)11(12(13,14)15)4-6-16-7-11/h2-3,5,16H,4,6-7H2,1H3,(H,18,19). The molecule has 19 heavy (non-hydrogen) atoms. The zero-order valence-corrected chi connectivity index (χ0v) is 10.3. The number of carbonyl (C=O) groups excluding carboxylic acids is 1. The zero-order chi connectivity index (χ0) is 14.1. The number of alkyl halides is 3. The number of nitrogens with zero attached hydrogens (tertiary/aromatic N) is 1. The molecule has 1 unspecified atom stereocenters. The van der Waals surface area contributed by atoms with E-state index in [-0.39, 0.29) is 19.5 Å². The van der Waals surface area contributed by atoms with Crippen molar-refractivity contribution in [3.05, 3.63) is 24.0 Å². The fourth-order valence-corrected chi connectivity index (χ4v) is 2.11. The van der Waals surface area contributed by atoms with Crippen molar-refractivity contribution < 1.29 is 18.0 Å². The van der Waals surface area contributed by atoms with Crippen molar-refractivity contribution in [3.8, 4) is 0 Å². The SMILES string of the molecule is Cc1ncccc1NC(=O)C1(C(F)(F)F)CCNC1. The van der Waals surface area contributed by atoms with Crippen LogP contribution in [-0.4, -0.2) is 30.2 Å². The van der Waals surface area contributed by atoms with E-state index in [1.807, 2.05) is 0 Å². The summed E-state index contributed by atoms with van der Waals surface area (Å²) < 4.78 is 39.5. The van der Waals surface area contributed by atoms with E-state index in [4.69, 9.17) is 0 Å². The van der Waals surface area contributed by atoms with Gasteiger partial charge in [-0.05, 0) is 32.0 Å². The highest BCUT2D eigenvalue weighted by molar-refractivity contribution is 5.96. The molecule has 0 aliphatic carbocycles. The Hall–Kier alpha value is -1.63. The summed E-state index contributed by atoms with van der Waals surface area (Å²) in [4.78, 5) is 16.0. The first-order valence-corrected chi connectivity index (χ1v) is 5.87. The Kier molecular flexibility index (Phi) is 3.49. The second-order valence-corrected chi connectivity index (χ2v) is 4.60. The van der Waals surface area contributed by atoms with Crippen LogP contribution in [-0.2, 0) is 4.79 Å². The van der Waals surface area contributed by atoms with Gasteiger partial charge in [-0.1, -0.05) is 0 Å². The first-order chi connectivity index (χ1) is 8.87. The Morgan fingerprint density at radius 1 is 1.53 bits per heavy atom. The van der Waals surface area contributed by atoms with E-state index in [0.717, 1.165) is 0 Å². The number of hydrogen-bond acceptors (Lipinski definition) is 3. The molecule has 2 rings (SSSR count). The summed E-state index contributed by atoms with van der Waals surface area (Å²) in [6.07, 6.45) is -3.31. The van der Waals surface area contributed by atoms with Crippen molar-refractivity contribution in [2.24, 2.45) is 5.41 Å². The predicted molar refractivity (Wildman–Crippen MR) is 63.6 cm³/mol. The molecule has 1 aromatic heterocycles. The lowest BCUT2D eigenvalue weighted by atomic mass is 9.85. The van der Waals surface area contributed by atoms with E-state index in [9.17, 15) is 18.0 Å². The molecule has 0 saturated carbocycles. The quantitative estimate of drug-likeness (QED) is 0.865. The molecule has 104 valence electrons. The van der Waals surface area contributed by atoms with E-state index in [1.165, 1.54) is 12.3 Å². The molecule has 1 aliphatic heterocycles. The lowest BCUT2D eigenvalue weighted by Gasteiger charge is -2.29. The van der Waals surface area contributed by atoms with Crippen LogP contribution < -0.4 is 10.6 Å². The normalized spacial score (nSPS) is 23.4. The first-order valence-electron chi connectivity index (χ1n) is 5.87. The van der Waals surface area contributed by atoms with E-state index in [1.54, 1.807) is 13.0 Å². The van der Waals surface area contributed by atoms with Gasteiger partial charge >= 0.3 is 6.18 Å². The van der Waals surface area contributed by atoms with Crippen LogP contribution in [0.2, 0.25) is 0 Å². The van der Waals surface area contributed by atoms with E-state index < -0.39 is 17.5 Å². The number of amides is 1. The largest absolute Gasteiger partial charge is 0.404 e.